The molecule has 130 valence electrons. The lowest BCUT2D eigenvalue weighted by Gasteiger charge is -2.62. The maximum absolute atomic E-state index is 5.51. The van der Waals surface area contributed by atoms with Crippen molar-refractivity contribution in [2.24, 2.45) is 15.8 Å². The number of aliphatic imine (C=N–C) groups is 1. The summed E-state index contributed by atoms with van der Waals surface area (Å²) in [5.41, 5.74) is 0.962. The molecule has 0 atom stereocenters. The van der Waals surface area contributed by atoms with Gasteiger partial charge in [0, 0.05) is 44.3 Å². The number of hydrogen-bond donors (Lipinski definition) is 1. The maximum Gasteiger partial charge on any atom is 0.194 e. The molecule has 2 rings (SSSR count). The smallest absolute Gasteiger partial charge is 0.194 e. The molecule has 0 bridgehead atoms. The fourth-order valence-corrected chi connectivity index (χ4v) is 3.09. The highest BCUT2D eigenvalue weighted by atomic mass is 127. The lowest BCUT2D eigenvalue weighted by Crippen LogP contribution is -2.72. The zero-order chi connectivity index (χ0) is 15.7. The van der Waals surface area contributed by atoms with Crippen molar-refractivity contribution in [1.29, 1.82) is 0 Å². The number of guanidine groups is 1. The van der Waals surface area contributed by atoms with Gasteiger partial charge in [-0.1, -0.05) is 13.8 Å². The van der Waals surface area contributed by atoms with Crippen LogP contribution in [0.2, 0.25) is 0 Å². The molecule has 0 unspecified atom stereocenters. The van der Waals surface area contributed by atoms with E-state index in [1.165, 1.54) is 19.3 Å². The first-order valence-corrected chi connectivity index (χ1v) is 8.34. The second kappa shape index (κ2) is 7.24. The summed E-state index contributed by atoms with van der Waals surface area (Å²) in [6.07, 6.45) is 3.80. The van der Waals surface area contributed by atoms with Gasteiger partial charge < -0.3 is 15.0 Å². The lowest BCUT2D eigenvalue weighted by molar-refractivity contribution is -0.0669. The first-order chi connectivity index (χ1) is 9.78. The summed E-state index contributed by atoms with van der Waals surface area (Å²) in [5, 5.41) is 3.61. The van der Waals surface area contributed by atoms with E-state index in [-0.39, 0.29) is 29.5 Å². The van der Waals surface area contributed by atoms with Crippen LogP contribution in [0.5, 0.6) is 0 Å². The van der Waals surface area contributed by atoms with Crippen LogP contribution in [0, 0.1) is 10.8 Å². The molecule has 0 radical (unpaired) electrons. The van der Waals surface area contributed by atoms with Crippen LogP contribution >= 0.6 is 24.0 Å². The maximum atomic E-state index is 5.51. The van der Waals surface area contributed by atoms with Crippen LogP contribution in [-0.2, 0) is 4.74 Å². The van der Waals surface area contributed by atoms with Crippen LogP contribution in [0.15, 0.2) is 4.99 Å². The molecule has 0 aromatic rings. The molecule has 0 amide bonds. The molecule has 0 spiro atoms. The van der Waals surface area contributed by atoms with Gasteiger partial charge in [-0.3, -0.25) is 4.99 Å². The van der Waals surface area contributed by atoms with Gasteiger partial charge in [-0.05, 0) is 45.4 Å². The summed E-state index contributed by atoms with van der Waals surface area (Å²) in [6.45, 7) is 15.2. The first kappa shape index (κ1) is 20.0. The molecular formula is C17H34IN3O. The summed E-state index contributed by atoms with van der Waals surface area (Å²) >= 11 is 0. The molecule has 0 aromatic carbocycles. The Morgan fingerprint density at radius 2 is 1.86 bits per heavy atom. The van der Waals surface area contributed by atoms with Crippen molar-refractivity contribution < 1.29 is 4.74 Å². The Hall–Kier alpha value is -0.0400. The first-order valence-electron chi connectivity index (χ1n) is 8.34. The van der Waals surface area contributed by atoms with Crippen molar-refractivity contribution in [3.05, 3.63) is 0 Å². The highest BCUT2D eigenvalue weighted by Gasteiger charge is 2.54. The van der Waals surface area contributed by atoms with Crippen molar-refractivity contribution in [3.63, 3.8) is 0 Å². The summed E-state index contributed by atoms with van der Waals surface area (Å²) < 4.78 is 5.51. The van der Waals surface area contributed by atoms with E-state index in [1.54, 1.807) is 0 Å². The summed E-state index contributed by atoms with van der Waals surface area (Å²) in [6, 6.07) is 0. The molecule has 5 heteroatoms. The summed E-state index contributed by atoms with van der Waals surface area (Å²) in [4.78, 5) is 6.91. The van der Waals surface area contributed by atoms with Gasteiger partial charge in [-0.25, -0.2) is 0 Å². The predicted molar refractivity (Wildman–Crippen MR) is 104 cm³/mol. The molecule has 22 heavy (non-hydrogen) atoms. The van der Waals surface area contributed by atoms with Crippen molar-refractivity contribution in [2.75, 3.05) is 33.4 Å². The van der Waals surface area contributed by atoms with E-state index in [0.717, 1.165) is 32.3 Å². The molecule has 4 nitrogen and oxygen atoms in total. The fourth-order valence-electron chi connectivity index (χ4n) is 3.09. The third-order valence-electron chi connectivity index (χ3n) is 5.91. The third kappa shape index (κ3) is 3.89. The van der Waals surface area contributed by atoms with E-state index in [4.69, 9.17) is 4.74 Å². The monoisotopic (exact) mass is 423 g/mol. The number of halogens is 1. The fraction of sp³-hybridized carbons (Fsp3) is 0.941. The van der Waals surface area contributed by atoms with Crippen molar-refractivity contribution in [3.8, 4) is 0 Å². The van der Waals surface area contributed by atoms with E-state index < -0.39 is 0 Å². The lowest BCUT2D eigenvalue weighted by atomic mass is 9.65. The minimum atomic E-state index is 0. The number of likely N-dealkylation sites (tertiary alicyclic amines) is 1. The minimum Gasteiger partial charge on any atom is -0.382 e. The molecule has 1 aliphatic heterocycles. The van der Waals surface area contributed by atoms with Crippen LogP contribution in [0.4, 0.5) is 0 Å². The Labute approximate surface area is 153 Å². The average Bonchev–Trinajstić information content (AvgIpc) is 3.19. The average molecular weight is 423 g/mol. The van der Waals surface area contributed by atoms with Crippen LogP contribution in [-0.4, -0.2) is 49.7 Å². The standard InChI is InChI=1S/C17H33N3O.HI/c1-7-21-11-10-17(8-9-17)12-19-14(18-6)20-13-15(2,3)16(20,4)5;/h7-13H2,1-6H3,(H,18,19);1H. The van der Waals surface area contributed by atoms with Gasteiger partial charge >= 0.3 is 0 Å². The molecule has 2 fully saturated rings. The molecule has 1 aliphatic carbocycles. The second-order valence-corrected chi connectivity index (χ2v) is 7.88. The Morgan fingerprint density at radius 1 is 1.23 bits per heavy atom. The molecular weight excluding hydrogens is 389 g/mol. The van der Waals surface area contributed by atoms with E-state index in [2.05, 4.69) is 49.8 Å². The largest absolute Gasteiger partial charge is 0.382 e. The van der Waals surface area contributed by atoms with Gasteiger partial charge in [-0.15, -0.1) is 24.0 Å². The van der Waals surface area contributed by atoms with E-state index >= 15 is 0 Å². The van der Waals surface area contributed by atoms with Crippen LogP contribution in [0.3, 0.4) is 0 Å². The van der Waals surface area contributed by atoms with E-state index in [9.17, 15) is 0 Å². The van der Waals surface area contributed by atoms with E-state index in [0.29, 0.717) is 10.8 Å². The Morgan fingerprint density at radius 3 is 2.27 bits per heavy atom. The zero-order valence-electron chi connectivity index (χ0n) is 15.2. The van der Waals surface area contributed by atoms with Crippen LogP contribution in [0.25, 0.3) is 0 Å². The normalized spacial score (nSPS) is 24.3. The highest BCUT2D eigenvalue weighted by molar-refractivity contribution is 14.0. The molecule has 1 saturated carbocycles. The van der Waals surface area contributed by atoms with Gasteiger partial charge in [0.1, 0.15) is 0 Å². The Kier molecular flexibility index (Phi) is 6.58. The van der Waals surface area contributed by atoms with Gasteiger partial charge in [0.15, 0.2) is 5.96 Å². The predicted octanol–water partition coefficient (Wildman–Crippen LogP) is 3.51. The highest BCUT2D eigenvalue weighted by Crippen LogP contribution is 2.49. The zero-order valence-corrected chi connectivity index (χ0v) is 17.5. The third-order valence-corrected chi connectivity index (χ3v) is 5.91. The van der Waals surface area contributed by atoms with Crippen molar-refractivity contribution >= 4 is 29.9 Å². The summed E-state index contributed by atoms with van der Waals surface area (Å²) in [7, 11) is 1.89. The number of hydrogen-bond acceptors (Lipinski definition) is 2. The van der Waals surface area contributed by atoms with Crippen LogP contribution < -0.4 is 5.32 Å². The Balaban J connectivity index is 0.00000242. The number of rotatable bonds is 6. The molecule has 1 saturated heterocycles. The van der Waals surface area contributed by atoms with Gasteiger partial charge in [0.2, 0.25) is 0 Å². The topological polar surface area (TPSA) is 36.9 Å². The van der Waals surface area contributed by atoms with Gasteiger partial charge in [0.25, 0.3) is 0 Å². The van der Waals surface area contributed by atoms with Crippen molar-refractivity contribution in [1.82, 2.24) is 10.2 Å². The molecule has 1 heterocycles. The van der Waals surface area contributed by atoms with Crippen molar-refractivity contribution in [2.45, 2.75) is 59.4 Å². The van der Waals surface area contributed by atoms with Gasteiger partial charge in [0.05, 0.1) is 0 Å². The molecule has 1 N–H and O–H groups in total. The Bertz CT molecular complexity index is 403. The number of nitrogens with one attached hydrogen (secondary N) is 1. The SMILES string of the molecule is CCOCCC1(CNC(=NC)N2CC(C)(C)C2(C)C)CC1.I. The molecule has 0 aromatic heterocycles. The van der Waals surface area contributed by atoms with E-state index in [1.807, 2.05) is 7.05 Å². The number of nitrogens with zero attached hydrogens (tertiary/aromatic N) is 2. The number of ether oxygens (including phenoxy) is 1. The quantitative estimate of drug-likeness (QED) is 0.308. The minimum absolute atomic E-state index is 0. The second-order valence-electron chi connectivity index (χ2n) is 7.88. The van der Waals surface area contributed by atoms with Crippen LogP contribution in [0.1, 0.15) is 53.9 Å². The summed E-state index contributed by atoms with van der Waals surface area (Å²) in [5.74, 6) is 1.06. The van der Waals surface area contributed by atoms with Gasteiger partial charge in [-0.2, -0.15) is 0 Å². The molecule has 2 aliphatic rings.